The summed E-state index contributed by atoms with van der Waals surface area (Å²) >= 11 is 5.18. The van der Waals surface area contributed by atoms with Crippen LogP contribution in [0.15, 0.2) is 42.5 Å². The molecule has 0 aliphatic heterocycles. The smallest absolute Gasteiger partial charge is 0.199 e. The van der Waals surface area contributed by atoms with E-state index < -0.39 is 0 Å². The zero-order valence-corrected chi connectivity index (χ0v) is 13.0. The summed E-state index contributed by atoms with van der Waals surface area (Å²) in [6.07, 6.45) is 0. The van der Waals surface area contributed by atoms with Crippen LogP contribution in [-0.4, -0.2) is 24.2 Å². The van der Waals surface area contributed by atoms with Gasteiger partial charge in [-0.05, 0) is 36.5 Å². The highest BCUT2D eigenvalue weighted by molar-refractivity contribution is 7.71. The quantitative estimate of drug-likeness (QED) is 0.712. The van der Waals surface area contributed by atoms with Crippen LogP contribution in [0.1, 0.15) is 0 Å². The monoisotopic (exact) mass is 313 g/mol. The number of anilines is 2. The lowest BCUT2D eigenvalue weighted by molar-refractivity contribution is 0.355. The Bertz CT molecular complexity index is 877. The van der Waals surface area contributed by atoms with Crippen molar-refractivity contribution in [2.45, 2.75) is 0 Å². The molecule has 3 aromatic rings. The minimum absolute atomic E-state index is 0.432. The molecule has 0 amide bonds. The van der Waals surface area contributed by atoms with Crippen molar-refractivity contribution in [3.05, 3.63) is 47.2 Å². The normalized spacial score (nSPS) is 10.5. The van der Waals surface area contributed by atoms with Crippen LogP contribution in [0.4, 0.5) is 11.5 Å². The molecular weight excluding hydrogens is 298 g/mol. The van der Waals surface area contributed by atoms with Crippen molar-refractivity contribution < 1.29 is 9.47 Å². The topological polar surface area (TPSA) is 59.2 Å². The highest BCUT2D eigenvalue weighted by Crippen LogP contribution is 2.31. The summed E-state index contributed by atoms with van der Waals surface area (Å²) in [6, 6.07) is 13.5. The average Bonchev–Trinajstić information content (AvgIpc) is 2.54. The second-order valence-electron chi connectivity index (χ2n) is 4.63. The molecule has 0 aliphatic rings. The van der Waals surface area contributed by atoms with E-state index in [2.05, 4.69) is 15.3 Å². The summed E-state index contributed by atoms with van der Waals surface area (Å²) in [6.45, 7) is 0. The molecule has 1 aromatic heterocycles. The van der Waals surface area contributed by atoms with E-state index in [-0.39, 0.29) is 0 Å². The van der Waals surface area contributed by atoms with Crippen molar-refractivity contribution in [3.63, 3.8) is 0 Å². The molecule has 2 aromatic carbocycles. The SMILES string of the molecule is COc1ccc(Nc2nc(=S)[nH]c3ccccc23)cc1OC. The highest BCUT2D eigenvalue weighted by Gasteiger charge is 2.07. The number of nitrogens with zero attached hydrogens (tertiary/aromatic N) is 1. The second-order valence-corrected chi connectivity index (χ2v) is 5.02. The molecule has 0 bridgehead atoms. The minimum atomic E-state index is 0.432. The molecule has 0 saturated heterocycles. The molecule has 6 heteroatoms. The summed E-state index contributed by atoms with van der Waals surface area (Å²) < 4.78 is 11.0. The number of para-hydroxylation sites is 1. The van der Waals surface area contributed by atoms with E-state index in [9.17, 15) is 0 Å². The van der Waals surface area contributed by atoms with Gasteiger partial charge in [-0.2, -0.15) is 0 Å². The van der Waals surface area contributed by atoms with E-state index in [1.165, 1.54) is 0 Å². The molecule has 1 heterocycles. The van der Waals surface area contributed by atoms with Crippen molar-refractivity contribution in [1.29, 1.82) is 0 Å². The van der Waals surface area contributed by atoms with E-state index in [1.807, 2.05) is 42.5 Å². The fourth-order valence-electron chi connectivity index (χ4n) is 2.25. The lowest BCUT2D eigenvalue weighted by atomic mass is 10.2. The van der Waals surface area contributed by atoms with Gasteiger partial charge in [0.2, 0.25) is 0 Å². The number of ether oxygens (including phenoxy) is 2. The van der Waals surface area contributed by atoms with Crippen LogP contribution in [-0.2, 0) is 0 Å². The first-order valence-electron chi connectivity index (χ1n) is 6.69. The van der Waals surface area contributed by atoms with E-state index in [0.29, 0.717) is 22.1 Å². The van der Waals surface area contributed by atoms with E-state index >= 15 is 0 Å². The van der Waals surface area contributed by atoms with Crippen molar-refractivity contribution in [2.24, 2.45) is 0 Å². The first kappa shape index (κ1) is 14.3. The summed E-state index contributed by atoms with van der Waals surface area (Å²) in [5.74, 6) is 2.03. The highest BCUT2D eigenvalue weighted by atomic mass is 32.1. The number of aromatic nitrogens is 2. The fraction of sp³-hybridized carbons (Fsp3) is 0.125. The number of H-pyrrole nitrogens is 1. The average molecular weight is 313 g/mol. The molecule has 0 unspecified atom stereocenters. The van der Waals surface area contributed by atoms with Gasteiger partial charge in [-0.15, -0.1) is 0 Å². The van der Waals surface area contributed by atoms with Crippen LogP contribution >= 0.6 is 12.2 Å². The molecule has 22 heavy (non-hydrogen) atoms. The van der Waals surface area contributed by atoms with Crippen LogP contribution < -0.4 is 14.8 Å². The number of hydrogen-bond acceptors (Lipinski definition) is 5. The standard InChI is InChI=1S/C16H15N3O2S/c1-20-13-8-7-10(9-14(13)21-2)17-15-11-5-3-4-6-12(11)18-16(22)19-15/h3-9H,1-2H3,(H2,17,18,19,22). The number of fused-ring (bicyclic) bond motifs is 1. The predicted octanol–water partition coefficient (Wildman–Crippen LogP) is 4.05. The van der Waals surface area contributed by atoms with Crippen LogP contribution in [0.5, 0.6) is 11.5 Å². The third-order valence-corrected chi connectivity index (χ3v) is 3.48. The van der Waals surface area contributed by atoms with Crippen LogP contribution in [0, 0.1) is 4.77 Å². The van der Waals surface area contributed by atoms with Gasteiger partial charge in [0, 0.05) is 17.1 Å². The minimum Gasteiger partial charge on any atom is -0.493 e. The molecular formula is C16H15N3O2S. The number of hydrogen-bond donors (Lipinski definition) is 2. The van der Waals surface area contributed by atoms with Gasteiger partial charge in [0.1, 0.15) is 5.82 Å². The number of benzene rings is 2. The van der Waals surface area contributed by atoms with Crippen LogP contribution in [0.25, 0.3) is 10.9 Å². The van der Waals surface area contributed by atoms with Crippen LogP contribution in [0.2, 0.25) is 0 Å². The lowest BCUT2D eigenvalue weighted by Gasteiger charge is -2.12. The Balaban J connectivity index is 2.05. The number of methoxy groups -OCH3 is 2. The zero-order chi connectivity index (χ0) is 15.5. The van der Waals surface area contributed by atoms with Crippen molar-refractivity contribution >= 4 is 34.6 Å². The van der Waals surface area contributed by atoms with Gasteiger partial charge in [-0.1, -0.05) is 12.1 Å². The second kappa shape index (κ2) is 6.03. The van der Waals surface area contributed by atoms with Crippen molar-refractivity contribution in [1.82, 2.24) is 9.97 Å². The van der Waals surface area contributed by atoms with Gasteiger partial charge in [0.25, 0.3) is 0 Å². The van der Waals surface area contributed by atoms with Gasteiger partial charge in [-0.3, -0.25) is 0 Å². The Kier molecular flexibility index (Phi) is 3.93. The fourth-order valence-corrected chi connectivity index (χ4v) is 2.45. The Morgan fingerprint density at radius 3 is 2.59 bits per heavy atom. The molecule has 0 radical (unpaired) electrons. The molecule has 0 saturated carbocycles. The maximum absolute atomic E-state index is 5.31. The molecule has 0 fully saturated rings. The maximum atomic E-state index is 5.31. The molecule has 0 spiro atoms. The first-order chi connectivity index (χ1) is 10.7. The number of rotatable bonds is 4. The molecule has 3 rings (SSSR count). The zero-order valence-electron chi connectivity index (χ0n) is 12.2. The van der Waals surface area contributed by atoms with Gasteiger partial charge in [-0.25, -0.2) is 4.98 Å². The summed E-state index contributed by atoms with van der Waals surface area (Å²) in [4.78, 5) is 7.45. The summed E-state index contributed by atoms with van der Waals surface area (Å²) in [7, 11) is 3.21. The van der Waals surface area contributed by atoms with Crippen LogP contribution in [0.3, 0.4) is 0 Å². The molecule has 112 valence electrons. The largest absolute Gasteiger partial charge is 0.493 e. The lowest BCUT2D eigenvalue weighted by Crippen LogP contribution is -1.98. The molecule has 2 N–H and O–H groups in total. The summed E-state index contributed by atoms with van der Waals surface area (Å²) in [5.41, 5.74) is 1.78. The summed E-state index contributed by atoms with van der Waals surface area (Å²) in [5, 5.41) is 4.24. The molecule has 0 atom stereocenters. The Labute approximate surface area is 132 Å². The van der Waals surface area contributed by atoms with Gasteiger partial charge in [0.15, 0.2) is 16.3 Å². The first-order valence-corrected chi connectivity index (χ1v) is 7.10. The van der Waals surface area contributed by atoms with Gasteiger partial charge in [0.05, 0.1) is 19.7 Å². The molecule has 0 aliphatic carbocycles. The van der Waals surface area contributed by atoms with E-state index in [1.54, 1.807) is 14.2 Å². The Hall–Kier alpha value is -2.60. The Morgan fingerprint density at radius 1 is 1.05 bits per heavy atom. The van der Waals surface area contributed by atoms with Gasteiger partial charge < -0.3 is 19.8 Å². The Morgan fingerprint density at radius 2 is 1.82 bits per heavy atom. The molecule has 5 nitrogen and oxygen atoms in total. The van der Waals surface area contributed by atoms with Gasteiger partial charge >= 0.3 is 0 Å². The number of aromatic amines is 1. The predicted molar refractivity (Wildman–Crippen MR) is 89.8 cm³/mol. The number of nitrogens with one attached hydrogen (secondary N) is 2. The maximum Gasteiger partial charge on any atom is 0.199 e. The third kappa shape index (κ3) is 2.73. The third-order valence-electron chi connectivity index (χ3n) is 3.28. The van der Waals surface area contributed by atoms with E-state index in [4.69, 9.17) is 21.7 Å². The van der Waals surface area contributed by atoms with Crippen molar-refractivity contribution in [3.8, 4) is 11.5 Å². The van der Waals surface area contributed by atoms with Crippen molar-refractivity contribution in [2.75, 3.05) is 19.5 Å². The van der Waals surface area contributed by atoms with E-state index in [0.717, 1.165) is 16.6 Å².